The van der Waals surface area contributed by atoms with E-state index in [4.69, 9.17) is 16.7 Å². The molecule has 1 atom stereocenters. The average Bonchev–Trinajstić information content (AvgIpc) is 2.33. The maximum atomic E-state index is 13.4. The number of carboxylic acid groups (broad SMARTS) is 1. The van der Waals surface area contributed by atoms with Gasteiger partial charge in [0.25, 0.3) is 0 Å². The highest BCUT2D eigenvalue weighted by Crippen LogP contribution is 2.19. The number of carboxylic acids is 1. The standard InChI is InChI=1S/C13H15ClFNO3/c1-8(13(18)19)5-6-16-12(17)7-9-10(14)3-2-4-11(9)15/h2-4,8H,5-7H2,1H3,(H,16,17)(H,18,19). The van der Waals surface area contributed by atoms with Crippen LogP contribution in [-0.4, -0.2) is 23.5 Å². The van der Waals surface area contributed by atoms with Gasteiger partial charge < -0.3 is 10.4 Å². The Labute approximate surface area is 115 Å². The van der Waals surface area contributed by atoms with Crippen molar-refractivity contribution in [3.63, 3.8) is 0 Å². The number of carbonyl (C=O) groups is 2. The van der Waals surface area contributed by atoms with E-state index in [1.165, 1.54) is 18.2 Å². The van der Waals surface area contributed by atoms with Crippen molar-refractivity contribution < 1.29 is 19.1 Å². The Balaban J connectivity index is 2.46. The number of hydrogen-bond acceptors (Lipinski definition) is 2. The lowest BCUT2D eigenvalue weighted by Gasteiger charge is -2.09. The molecule has 0 aliphatic heterocycles. The van der Waals surface area contributed by atoms with Crippen molar-refractivity contribution in [1.29, 1.82) is 0 Å². The molecule has 19 heavy (non-hydrogen) atoms. The number of amides is 1. The van der Waals surface area contributed by atoms with Crippen LogP contribution in [0.4, 0.5) is 4.39 Å². The van der Waals surface area contributed by atoms with E-state index in [1.54, 1.807) is 6.92 Å². The van der Waals surface area contributed by atoms with Crippen molar-refractivity contribution in [1.82, 2.24) is 5.32 Å². The van der Waals surface area contributed by atoms with E-state index in [9.17, 15) is 14.0 Å². The first-order valence-electron chi connectivity index (χ1n) is 5.84. The minimum atomic E-state index is -0.911. The van der Waals surface area contributed by atoms with Gasteiger partial charge in [-0.3, -0.25) is 9.59 Å². The molecule has 1 aromatic rings. The first-order valence-corrected chi connectivity index (χ1v) is 6.22. The van der Waals surface area contributed by atoms with Gasteiger partial charge in [-0.05, 0) is 18.6 Å². The molecule has 0 spiro atoms. The molecule has 0 aliphatic carbocycles. The van der Waals surface area contributed by atoms with Gasteiger partial charge in [0.2, 0.25) is 5.91 Å². The second kappa shape index (κ2) is 7.09. The number of benzene rings is 1. The van der Waals surface area contributed by atoms with Crippen molar-refractivity contribution in [3.8, 4) is 0 Å². The van der Waals surface area contributed by atoms with Crippen LogP contribution in [0.25, 0.3) is 0 Å². The fraction of sp³-hybridized carbons (Fsp3) is 0.385. The second-order valence-corrected chi connectivity index (χ2v) is 4.66. The van der Waals surface area contributed by atoms with Crippen molar-refractivity contribution >= 4 is 23.5 Å². The molecule has 6 heteroatoms. The summed E-state index contributed by atoms with van der Waals surface area (Å²) < 4.78 is 13.4. The second-order valence-electron chi connectivity index (χ2n) is 4.25. The van der Waals surface area contributed by atoms with E-state index >= 15 is 0 Å². The predicted octanol–water partition coefficient (Wildman–Crippen LogP) is 2.25. The molecular formula is C13H15ClFNO3. The third-order valence-electron chi connectivity index (χ3n) is 2.72. The first kappa shape index (κ1) is 15.4. The lowest BCUT2D eigenvalue weighted by molar-refractivity contribution is -0.141. The van der Waals surface area contributed by atoms with Crippen molar-refractivity contribution in [2.45, 2.75) is 19.8 Å². The van der Waals surface area contributed by atoms with Crippen LogP contribution in [0.3, 0.4) is 0 Å². The highest BCUT2D eigenvalue weighted by Gasteiger charge is 2.13. The van der Waals surface area contributed by atoms with E-state index < -0.39 is 17.7 Å². The monoisotopic (exact) mass is 287 g/mol. The molecule has 2 N–H and O–H groups in total. The van der Waals surface area contributed by atoms with Crippen LogP contribution in [0.5, 0.6) is 0 Å². The summed E-state index contributed by atoms with van der Waals surface area (Å²) in [5.41, 5.74) is 0.146. The number of halogens is 2. The van der Waals surface area contributed by atoms with Crippen molar-refractivity contribution in [2.75, 3.05) is 6.54 Å². The minimum Gasteiger partial charge on any atom is -0.481 e. The number of rotatable bonds is 6. The van der Waals surface area contributed by atoms with Crippen LogP contribution in [0.15, 0.2) is 18.2 Å². The third kappa shape index (κ3) is 4.87. The number of hydrogen-bond donors (Lipinski definition) is 2. The molecule has 4 nitrogen and oxygen atoms in total. The normalized spacial score (nSPS) is 11.9. The molecule has 0 saturated carbocycles. The van der Waals surface area contributed by atoms with Crippen molar-refractivity contribution in [3.05, 3.63) is 34.6 Å². The van der Waals surface area contributed by atoms with E-state index in [1.807, 2.05) is 0 Å². The molecule has 104 valence electrons. The Hall–Kier alpha value is -1.62. The summed E-state index contributed by atoms with van der Waals surface area (Å²) in [6, 6.07) is 4.22. The lowest BCUT2D eigenvalue weighted by Crippen LogP contribution is -2.28. The van der Waals surface area contributed by atoms with Crippen LogP contribution >= 0.6 is 11.6 Å². The Morgan fingerprint density at radius 2 is 2.16 bits per heavy atom. The molecule has 0 aliphatic rings. The SMILES string of the molecule is CC(CCNC(=O)Cc1c(F)cccc1Cl)C(=O)O. The molecule has 1 unspecified atom stereocenters. The van der Waals surface area contributed by atoms with Crippen LogP contribution in [-0.2, 0) is 16.0 Å². The summed E-state index contributed by atoms with van der Waals surface area (Å²) in [6.45, 7) is 1.79. The van der Waals surface area contributed by atoms with Gasteiger partial charge in [0.05, 0.1) is 12.3 Å². The van der Waals surface area contributed by atoms with Gasteiger partial charge >= 0.3 is 5.97 Å². The maximum Gasteiger partial charge on any atom is 0.306 e. The van der Waals surface area contributed by atoms with Gasteiger partial charge in [-0.1, -0.05) is 24.6 Å². The maximum absolute atomic E-state index is 13.4. The molecule has 0 saturated heterocycles. The zero-order valence-corrected chi connectivity index (χ0v) is 11.2. The zero-order chi connectivity index (χ0) is 14.4. The van der Waals surface area contributed by atoms with E-state index in [-0.39, 0.29) is 29.5 Å². The Morgan fingerprint density at radius 1 is 1.47 bits per heavy atom. The molecule has 0 fully saturated rings. The van der Waals surface area contributed by atoms with E-state index in [2.05, 4.69) is 5.32 Å². The predicted molar refractivity (Wildman–Crippen MR) is 69.5 cm³/mol. The van der Waals surface area contributed by atoms with Gasteiger partial charge in [0.1, 0.15) is 5.82 Å². The Bertz CT molecular complexity index is 459. The third-order valence-corrected chi connectivity index (χ3v) is 3.07. The van der Waals surface area contributed by atoms with Crippen LogP contribution in [0.2, 0.25) is 5.02 Å². The molecule has 0 radical (unpaired) electrons. The first-order chi connectivity index (χ1) is 8.91. The molecule has 1 amide bonds. The Morgan fingerprint density at radius 3 is 2.74 bits per heavy atom. The number of carbonyl (C=O) groups excluding carboxylic acids is 1. The van der Waals surface area contributed by atoms with Gasteiger partial charge in [-0.15, -0.1) is 0 Å². The molecular weight excluding hydrogens is 273 g/mol. The quantitative estimate of drug-likeness (QED) is 0.843. The van der Waals surface area contributed by atoms with Gasteiger partial charge in [0, 0.05) is 17.1 Å². The summed E-state index contributed by atoms with van der Waals surface area (Å²) >= 11 is 5.80. The smallest absolute Gasteiger partial charge is 0.306 e. The van der Waals surface area contributed by atoms with Gasteiger partial charge in [0.15, 0.2) is 0 Å². The fourth-order valence-electron chi connectivity index (χ4n) is 1.48. The largest absolute Gasteiger partial charge is 0.481 e. The van der Waals surface area contributed by atoms with Gasteiger partial charge in [-0.2, -0.15) is 0 Å². The van der Waals surface area contributed by atoms with E-state index in [0.29, 0.717) is 6.42 Å². The molecule has 1 rings (SSSR count). The molecule has 0 aromatic heterocycles. The topological polar surface area (TPSA) is 66.4 Å². The average molecular weight is 288 g/mol. The molecule has 1 aromatic carbocycles. The van der Waals surface area contributed by atoms with Crippen LogP contribution in [0, 0.1) is 11.7 Å². The summed E-state index contributed by atoms with van der Waals surface area (Å²) in [4.78, 5) is 22.2. The van der Waals surface area contributed by atoms with E-state index in [0.717, 1.165) is 0 Å². The molecule has 0 heterocycles. The molecule has 0 bridgehead atoms. The highest BCUT2D eigenvalue weighted by atomic mass is 35.5. The summed E-state index contributed by atoms with van der Waals surface area (Å²) in [5.74, 6) is -2.35. The fourth-order valence-corrected chi connectivity index (χ4v) is 1.71. The van der Waals surface area contributed by atoms with Gasteiger partial charge in [-0.25, -0.2) is 4.39 Å². The van der Waals surface area contributed by atoms with Crippen LogP contribution < -0.4 is 5.32 Å². The van der Waals surface area contributed by atoms with Crippen molar-refractivity contribution in [2.24, 2.45) is 5.92 Å². The zero-order valence-electron chi connectivity index (χ0n) is 10.5. The lowest BCUT2D eigenvalue weighted by atomic mass is 10.1. The summed E-state index contributed by atoms with van der Waals surface area (Å²) in [6.07, 6.45) is 0.166. The van der Waals surface area contributed by atoms with Crippen LogP contribution in [0.1, 0.15) is 18.9 Å². The minimum absolute atomic E-state index is 0.146. The number of nitrogens with one attached hydrogen (secondary N) is 1. The summed E-state index contributed by atoms with van der Waals surface area (Å²) in [5, 5.41) is 11.4. The summed E-state index contributed by atoms with van der Waals surface area (Å²) in [7, 11) is 0. The number of aliphatic carboxylic acids is 1. The highest BCUT2D eigenvalue weighted by molar-refractivity contribution is 6.31. The Kier molecular flexibility index (Phi) is 5.76.